The summed E-state index contributed by atoms with van der Waals surface area (Å²) >= 11 is 3.45. The predicted molar refractivity (Wildman–Crippen MR) is 63.1 cm³/mol. The van der Waals surface area contributed by atoms with Crippen molar-refractivity contribution in [3.63, 3.8) is 0 Å². The monoisotopic (exact) mass is 260 g/mol. The maximum atomic E-state index is 12.1. The number of carbonyl (C=O) groups excluding carboxylic acids is 1. The highest BCUT2D eigenvalue weighted by Crippen LogP contribution is 2.43. The third-order valence-corrected chi connectivity index (χ3v) is 3.73. The van der Waals surface area contributed by atoms with Crippen molar-refractivity contribution in [1.82, 2.24) is 0 Å². The normalized spacial score (nSPS) is 22.3. The Morgan fingerprint density at radius 1 is 1.33 bits per heavy atom. The van der Waals surface area contributed by atoms with Gasteiger partial charge in [0, 0.05) is 21.5 Å². The van der Waals surface area contributed by atoms with Gasteiger partial charge < -0.3 is 0 Å². The quantitative estimate of drug-likeness (QED) is 0.697. The SMILES string of the molecule is O=C1C2=CC=CCC2c2cccc(Br)c21. The van der Waals surface area contributed by atoms with Gasteiger partial charge in [0.05, 0.1) is 0 Å². The first-order valence-electron chi connectivity index (χ1n) is 4.99. The summed E-state index contributed by atoms with van der Waals surface area (Å²) in [6.45, 7) is 0. The van der Waals surface area contributed by atoms with Gasteiger partial charge in [-0.1, -0.05) is 46.3 Å². The van der Waals surface area contributed by atoms with Gasteiger partial charge in [0.1, 0.15) is 0 Å². The van der Waals surface area contributed by atoms with Crippen LogP contribution in [0.5, 0.6) is 0 Å². The van der Waals surface area contributed by atoms with E-state index in [-0.39, 0.29) is 11.7 Å². The largest absolute Gasteiger partial charge is 0.289 e. The highest BCUT2D eigenvalue weighted by atomic mass is 79.9. The Labute approximate surface area is 96.6 Å². The molecule has 0 heterocycles. The summed E-state index contributed by atoms with van der Waals surface area (Å²) in [5, 5.41) is 0. The Morgan fingerprint density at radius 2 is 2.20 bits per heavy atom. The molecule has 2 heteroatoms. The Balaban J connectivity index is 2.27. The molecule has 0 fully saturated rings. The summed E-state index contributed by atoms with van der Waals surface area (Å²) in [6, 6.07) is 5.99. The van der Waals surface area contributed by atoms with E-state index in [1.165, 1.54) is 5.56 Å². The number of halogens is 1. The highest BCUT2D eigenvalue weighted by molar-refractivity contribution is 9.10. The van der Waals surface area contributed by atoms with Gasteiger partial charge in [0.2, 0.25) is 0 Å². The topological polar surface area (TPSA) is 17.1 Å². The van der Waals surface area contributed by atoms with Crippen molar-refractivity contribution in [2.24, 2.45) is 0 Å². The summed E-state index contributed by atoms with van der Waals surface area (Å²) in [6.07, 6.45) is 6.99. The van der Waals surface area contributed by atoms with E-state index in [0.717, 1.165) is 22.0 Å². The molecule has 2 aliphatic carbocycles. The van der Waals surface area contributed by atoms with Crippen LogP contribution in [0.4, 0.5) is 0 Å². The van der Waals surface area contributed by atoms with Crippen molar-refractivity contribution < 1.29 is 4.79 Å². The average Bonchev–Trinajstić information content (AvgIpc) is 2.55. The lowest BCUT2D eigenvalue weighted by Crippen LogP contribution is -2.01. The van der Waals surface area contributed by atoms with E-state index in [9.17, 15) is 4.79 Å². The molecule has 15 heavy (non-hydrogen) atoms. The van der Waals surface area contributed by atoms with Crippen LogP contribution in [0.2, 0.25) is 0 Å². The van der Waals surface area contributed by atoms with Crippen LogP contribution in [0.25, 0.3) is 0 Å². The van der Waals surface area contributed by atoms with Gasteiger partial charge in [-0.05, 0) is 18.1 Å². The summed E-state index contributed by atoms with van der Waals surface area (Å²) in [4.78, 5) is 12.1. The Hall–Kier alpha value is -1.15. The van der Waals surface area contributed by atoms with E-state index in [2.05, 4.69) is 28.1 Å². The lowest BCUT2D eigenvalue weighted by Gasteiger charge is -2.12. The molecule has 0 radical (unpaired) electrons. The molecule has 0 amide bonds. The molecule has 1 aromatic carbocycles. The molecule has 0 saturated heterocycles. The highest BCUT2D eigenvalue weighted by Gasteiger charge is 2.35. The molecule has 1 atom stereocenters. The van der Waals surface area contributed by atoms with Gasteiger partial charge in [-0.15, -0.1) is 0 Å². The average molecular weight is 261 g/mol. The van der Waals surface area contributed by atoms with Gasteiger partial charge >= 0.3 is 0 Å². The molecular formula is C13H9BrO. The number of hydrogen-bond acceptors (Lipinski definition) is 1. The Morgan fingerprint density at radius 3 is 3.07 bits per heavy atom. The van der Waals surface area contributed by atoms with Crippen molar-refractivity contribution in [1.29, 1.82) is 0 Å². The van der Waals surface area contributed by atoms with Crippen LogP contribution in [0.15, 0.2) is 46.5 Å². The van der Waals surface area contributed by atoms with E-state index < -0.39 is 0 Å². The third-order valence-electron chi connectivity index (χ3n) is 3.07. The summed E-state index contributed by atoms with van der Waals surface area (Å²) in [5.74, 6) is 0.474. The molecule has 2 aliphatic rings. The second kappa shape index (κ2) is 3.17. The van der Waals surface area contributed by atoms with Crippen LogP contribution in [-0.4, -0.2) is 5.78 Å². The van der Waals surface area contributed by atoms with Crippen LogP contribution >= 0.6 is 15.9 Å². The predicted octanol–water partition coefficient (Wildman–Crippen LogP) is 3.62. The van der Waals surface area contributed by atoms with Crippen LogP contribution in [0.3, 0.4) is 0 Å². The van der Waals surface area contributed by atoms with E-state index in [0.29, 0.717) is 0 Å². The molecule has 0 N–H and O–H groups in total. The van der Waals surface area contributed by atoms with E-state index in [1.807, 2.05) is 24.3 Å². The molecule has 1 nitrogen and oxygen atoms in total. The van der Waals surface area contributed by atoms with Crippen LogP contribution in [0, 0.1) is 0 Å². The van der Waals surface area contributed by atoms with Gasteiger partial charge in [0.15, 0.2) is 5.78 Å². The van der Waals surface area contributed by atoms with Crippen molar-refractivity contribution >= 4 is 21.7 Å². The number of fused-ring (bicyclic) bond motifs is 3. The maximum absolute atomic E-state index is 12.1. The second-order valence-electron chi connectivity index (χ2n) is 3.87. The number of carbonyl (C=O) groups is 1. The first kappa shape index (κ1) is 9.10. The molecule has 0 bridgehead atoms. The molecule has 0 aliphatic heterocycles. The maximum Gasteiger partial charge on any atom is 0.191 e. The van der Waals surface area contributed by atoms with Crippen LogP contribution < -0.4 is 0 Å². The summed E-state index contributed by atoms with van der Waals surface area (Å²) in [7, 11) is 0. The lowest BCUT2D eigenvalue weighted by molar-refractivity contribution is 0.103. The molecule has 0 spiro atoms. The second-order valence-corrected chi connectivity index (χ2v) is 4.73. The zero-order valence-corrected chi connectivity index (χ0v) is 9.62. The standard InChI is InChI=1S/C13H9BrO/c14-11-7-3-6-9-8-4-1-2-5-10(8)13(15)12(9)11/h1-3,5-8H,4H2. The van der Waals surface area contributed by atoms with E-state index >= 15 is 0 Å². The van der Waals surface area contributed by atoms with Crippen molar-refractivity contribution in [3.8, 4) is 0 Å². The smallest absolute Gasteiger partial charge is 0.191 e. The fraction of sp³-hybridized carbons (Fsp3) is 0.154. The van der Waals surface area contributed by atoms with E-state index in [1.54, 1.807) is 0 Å². The fourth-order valence-electron chi connectivity index (χ4n) is 2.37. The van der Waals surface area contributed by atoms with Crippen LogP contribution in [-0.2, 0) is 0 Å². The number of allylic oxidation sites excluding steroid dienone is 4. The number of hydrogen-bond donors (Lipinski definition) is 0. The van der Waals surface area contributed by atoms with E-state index in [4.69, 9.17) is 0 Å². The van der Waals surface area contributed by atoms with Crippen LogP contribution in [0.1, 0.15) is 28.3 Å². The number of Topliss-reactive ketones (excluding diaryl/α,β-unsaturated/α-hetero) is 1. The van der Waals surface area contributed by atoms with Crippen molar-refractivity contribution in [2.75, 3.05) is 0 Å². The molecule has 1 unspecified atom stereocenters. The first-order chi connectivity index (χ1) is 7.29. The molecule has 0 saturated carbocycles. The lowest BCUT2D eigenvalue weighted by atomic mass is 9.91. The fourth-order valence-corrected chi connectivity index (χ4v) is 2.93. The van der Waals surface area contributed by atoms with Gasteiger partial charge in [-0.25, -0.2) is 0 Å². The van der Waals surface area contributed by atoms with Crippen molar-refractivity contribution in [2.45, 2.75) is 12.3 Å². The van der Waals surface area contributed by atoms with Gasteiger partial charge in [-0.3, -0.25) is 4.79 Å². The molecule has 3 rings (SSSR count). The minimum atomic E-state index is 0.187. The summed E-state index contributed by atoms with van der Waals surface area (Å²) < 4.78 is 0.917. The molecular weight excluding hydrogens is 252 g/mol. The van der Waals surface area contributed by atoms with Gasteiger partial charge in [0.25, 0.3) is 0 Å². The minimum Gasteiger partial charge on any atom is -0.289 e. The number of ketones is 1. The summed E-state index contributed by atoms with van der Waals surface area (Å²) in [5.41, 5.74) is 2.97. The first-order valence-corrected chi connectivity index (χ1v) is 5.78. The van der Waals surface area contributed by atoms with Crippen molar-refractivity contribution in [3.05, 3.63) is 57.6 Å². The zero-order chi connectivity index (χ0) is 10.4. The molecule has 0 aromatic heterocycles. The molecule has 1 aromatic rings. The molecule has 74 valence electrons. The van der Waals surface area contributed by atoms with Gasteiger partial charge in [-0.2, -0.15) is 0 Å². The third kappa shape index (κ3) is 1.18. The number of rotatable bonds is 0. The minimum absolute atomic E-state index is 0.187. The Bertz CT molecular complexity index is 511. The Kier molecular flexibility index (Phi) is 1.93. The number of benzene rings is 1. The zero-order valence-electron chi connectivity index (χ0n) is 8.03.